The Morgan fingerprint density at radius 3 is 2.34 bits per heavy atom. The van der Waals surface area contributed by atoms with Crippen molar-refractivity contribution in [2.45, 2.75) is 36.2 Å². The standard InChI is InChI=1S/C22H28N2O4S/c1-27-21-11-10-20(15-22(21)28-2)29(25,26)24-13-12-23(18-8-9-18)16-19(24)14-17-6-4-3-5-7-17/h3-7,10-11,15,18-19H,8-9,12-14,16H2,1-2H3. The summed E-state index contributed by atoms with van der Waals surface area (Å²) >= 11 is 0. The molecule has 2 aromatic carbocycles. The highest BCUT2D eigenvalue weighted by Gasteiger charge is 2.40. The number of rotatable bonds is 7. The van der Waals surface area contributed by atoms with E-state index >= 15 is 0 Å². The van der Waals surface area contributed by atoms with E-state index in [4.69, 9.17) is 9.47 Å². The summed E-state index contributed by atoms with van der Waals surface area (Å²) in [5, 5.41) is 0. The molecule has 0 aromatic heterocycles. The second kappa shape index (κ2) is 8.34. The van der Waals surface area contributed by atoms with Crippen molar-refractivity contribution in [3.05, 3.63) is 54.1 Å². The molecule has 2 fully saturated rings. The van der Waals surface area contributed by atoms with Crippen molar-refractivity contribution in [1.82, 2.24) is 9.21 Å². The van der Waals surface area contributed by atoms with Crippen LogP contribution in [0.4, 0.5) is 0 Å². The van der Waals surface area contributed by atoms with E-state index in [1.165, 1.54) is 20.0 Å². The van der Waals surface area contributed by atoms with Gasteiger partial charge < -0.3 is 9.47 Å². The molecular weight excluding hydrogens is 388 g/mol. The van der Waals surface area contributed by atoms with Gasteiger partial charge in [-0.1, -0.05) is 30.3 Å². The largest absolute Gasteiger partial charge is 0.493 e. The van der Waals surface area contributed by atoms with Crippen LogP contribution in [0, 0.1) is 0 Å². The molecule has 6 nitrogen and oxygen atoms in total. The van der Waals surface area contributed by atoms with E-state index in [9.17, 15) is 8.42 Å². The topological polar surface area (TPSA) is 59.1 Å². The Morgan fingerprint density at radius 2 is 1.69 bits per heavy atom. The normalized spacial score (nSPS) is 21.1. The Bertz CT molecular complexity index is 945. The van der Waals surface area contributed by atoms with E-state index in [0.717, 1.165) is 18.7 Å². The van der Waals surface area contributed by atoms with Crippen LogP contribution in [0.15, 0.2) is 53.4 Å². The van der Waals surface area contributed by atoms with Crippen LogP contribution in [0.3, 0.4) is 0 Å². The zero-order valence-electron chi connectivity index (χ0n) is 17.0. The molecule has 1 aliphatic carbocycles. The van der Waals surface area contributed by atoms with Gasteiger partial charge in [0.15, 0.2) is 11.5 Å². The summed E-state index contributed by atoms with van der Waals surface area (Å²) in [5.41, 5.74) is 1.16. The monoisotopic (exact) mass is 416 g/mol. The van der Waals surface area contributed by atoms with Crippen molar-refractivity contribution >= 4 is 10.0 Å². The Morgan fingerprint density at radius 1 is 0.966 bits per heavy atom. The molecule has 0 spiro atoms. The molecule has 0 bridgehead atoms. The van der Waals surface area contributed by atoms with Gasteiger partial charge in [-0.25, -0.2) is 8.42 Å². The van der Waals surface area contributed by atoms with E-state index < -0.39 is 10.0 Å². The quantitative estimate of drug-likeness (QED) is 0.695. The summed E-state index contributed by atoms with van der Waals surface area (Å²) < 4.78 is 39.4. The lowest BCUT2D eigenvalue weighted by Crippen LogP contribution is -2.56. The van der Waals surface area contributed by atoms with Crippen LogP contribution in [0.2, 0.25) is 0 Å². The first-order chi connectivity index (χ1) is 14.0. The maximum Gasteiger partial charge on any atom is 0.243 e. The first kappa shape index (κ1) is 20.2. The molecular formula is C22H28N2O4S. The molecule has 1 heterocycles. The van der Waals surface area contributed by atoms with Crippen LogP contribution in [0.25, 0.3) is 0 Å². The van der Waals surface area contributed by atoms with Crippen LogP contribution < -0.4 is 9.47 Å². The van der Waals surface area contributed by atoms with E-state index in [0.29, 0.717) is 30.5 Å². The molecule has 0 radical (unpaired) electrons. The van der Waals surface area contributed by atoms with Crippen LogP contribution in [0.5, 0.6) is 11.5 Å². The average molecular weight is 417 g/mol. The average Bonchev–Trinajstić information content (AvgIpc) is 3.59. The number of hydrogen-bond donors (Lipinski definition) is 0. The van der Waals surface area contributed by atoms with Crippen molar-refractivity contribution in [3.63, 3.8) is 0 Å². The Balaban J connectivity index is 1.64. The van der Waals surface area contributed by atoms with Gasteiger partial charge in [0, 0.05) is 37.8 Å². The van der Waals surface area contributed by atoms with Crippen molar-refractivity contribution in [2.24, 2.45) is 0 Å². The predicted octanol–water partition coefficient (Wildman–Crippen LogP) is 2.78. The van der Waals surface area contributed by atoms with Crippen LogP contribution in [-0.4, -0.2) is 63.6 Å². The molecule has 0 N–H and O–H groups in total. The van der Waals surface area contributed by atoms with Gasteiger partial charge in [0.2, 0.25) is 10.0 Å². The number of piperazine rings is 1. The van der Waals surface area contributed by atoms with Gasteiger partial charge in [0.05, 0.1) is 19.1 Å². The van der Waals surface area contributed by atoms with E-state index in [1.807, 2.05) is 18.2 Å². The Labute approximate surface area is 173 Å². The number of hydrogen-bond acceptors (Lipinski definition) is 5. The Hall–Kier alpha value is -2.09. The minimum absolute atomic E-state index is 0.0927. The molecule has 1 unspecified atom stereocenters. The predicted molar refractivity (Wildman–Crippen MR) is 112 cm³/mol. The first-order valence-corrected chi connectivity index (χ1v) is 11.5. The van der Waals surface area contributed by atoms with Gasteiger partial charge in [0.1, 0.15) is 0 Å². The lowest BCUT2D eigenvalue weighted by molar-refractivity contribution is 0.128. The summed E-state index contributed by atoms with van der Waals surface area (Å²) in [7, 11) is -0.591. The van der Waals surface area contributed by atoms with Crippen LogP contribution in [-0.2, 0) is 16.4 Å². The fraction of sp³-hybridized carbons (Fsp3) is 0.455. The molecule has 1 saturated heterocycles. The first-order valence-electron chi connectivity index (χ1n) is 10.0. The molecule has 7 heteroatoms. The van der Waals surface area contributed by atoms with Gasteiger partial charge in [-0.15, -0.1) is 0 Å². The summed E-state index contributed by atoms with van der Waals surface area (Å²) in [6, 6.07) is 15.5. The smallest absolute Gasteiger partial charge is 0.243 e. The molecule has 2 aliphatic rings. The number of benzene rings is 2. The summed E-state index contributed by atoms with van der Waals surface area (Å²) in [6.45, 7) is 2.05. The highest BCUT2D eigenvalue weighted by molar-refractivity contribution is 7.89. The minimum atomic E-state index is -3.65. The molecule has 1 aliphatic heterocycles. The molecule has 156 valence electrons. The fourth-order valence-electron chi connectivity index (χ4n) is 4.12. The van der Waals surface area contributed by atoms with Crippen LogP contribution >= 0.6 is 0 Å². The summed E-state index contributed by atoms with van der Waals surface area (Å²) in [4.78, 5) is 2.70. The van der Waals surface area contributed by atoms with E-state index in [-0.39, 0.29) is 10.9 Å². The van der Waals surface area contributed by atoms with Gasteiger partial charge >= 0.3 is 0 Å². The summed E-state index contributed by atoms with van der Waals surface area (Å²) in [5.74, 6) is 0.940. The minimum Gasteiger partial charge on any atom is -0.493 e. The van der Waals surface area contributed by atoms with Crippen LogP contribution in [0.1, 0.15) is 18.4 Å². The van der Waals surface area contributed by atoms with Crippen molar-refractivity contribution in [3.8, 4) is 11.5 Å². The van der Waals surface area contributed by atoms with Gasteiger partial charge in [-0.3, -0.25) is 4.90 Å². The molecule has 1 saturated carbocycles. The summed E-state index contributed by atoms with van der Waals surface area (Å²) in [6.07, 6.45) is 3.15. The highest BCUT2D eigenvalue weighted by Crippen LogP contribution is 2.34. The Kier molecular flexibility index (Phi) is 5.81. The SMILES string of the molecule is COc1ccc(S(=O)(=O)N2CCN(C3CC3)CC2Cc2ccccc2)cc1OC. The van der Waals surface area contributed by atoms with Crippen molar-refractivity contribution < 1.29 is 17.9 Å². The van der Waals surface area contributed by atoms with Crippen molar-refractivity contribution in [1.29, 1.82) is 0 Å². The second-order valence-electron chi connectivity index (χ2n) is 7.70. The maximum atomic E-state index is 13.6. The number of sulfonamides is 1. The zero-order valence-corrected chi connectivity index (χ0v) is 17.8. The molecule has 1 atom stereocenters. The molecule has 0 amide bonds. The van der Waals surface area contributed by atoms with Gasteiger partial charge in [0.25, 0.3) is 0 Å². The van der Waals surface area contributed by atoms with Gasteiger partial charge in [-0.2, -0.15) is 4.31 Å². The number of nitrogens with zero attached hydrogens (tertiary/aromatic N) is 2. The zero-order chi connectivity index (χ0) is 20.4. The third-order valence-electron chi connectivity index (χ3n) is 5.80. The molecule has 29 heavy (non-hydrogen) atoms. The van der Waals surface area contributed by atoms with Crippen molar-refractivity contribution in [2.75, 3.05) is 33.9 Å². The van der Waals surface area contributed by atoms with E-state index in [1.54, 1.807) is 29.6 Å². The van der Waals surface area contributed by atoms with E-state index in [2.05, 4.69) is 17.0 Å². The number of ether oxygens (including phenoxy) is 2. The fourth-order valence-corrected chi connectivity index (χ4v) is 5.74. The lowest BCUT2D eigenvalue weighted by Gasteiger charge is -2.41. The second-order valence-corrected chi connectivity index (χ2v) is 9.59. The maximum absolute atomic E-state index is 13.6. The molecule has 4 rings (SSSR count). The number of methoxy groups -OCH3 is 2. The molecule has 2 aromatic rings. The van der Waals surface area contributed by atoms with Gasteiger partial charge in [-0.05, 0) is 37.0 Å². The third kappa shape index (κ3) is 4.27. The highest BCUT2D eigenvalue weighted by atomic mass is 32.2. The lowest BCUT2D eigenvalue weighted by atomic mass is 10.0. The third-order valence-corrected chi connectivity index (χ3v) is 7.75.